The van der Waals surface area contributed by atoms with E-state index in [4.69, 9.17) is 26.9 Å². The standard InChI is InChI=1S/C5H10Cl2OSi/c1-3-4-5(8-4)9(2,6)7/h4-5H,3H2,1-2H3. The van der Waals surface area contributed by atoms with Crippen molar-refractivity contribution in [2.45, 2.75) is 31.7 Å². The van der Waals surface area contributed by atoms with Gasteiger partial charge in [0.1, 0.15) is 5.73 Å². The molecular weight excluding hydrogens is 175 g/mol. The summed E-state index contributed by atoms with van der Waals surface area (Å²) in [4.78, 5) is 0. The van der Waals surface area contributed by atoms with E-state index < -0.39 is 6.69 Å². The molecule has 1 saturated heterocycles. The second-order valence-electron chi connectivity index (χ2n) is 2.46. The predicted octanol–water partition coefficient (Wildman–Crippen LogP) is 2.25. The van der Waals surface area contributed by atoms with Gasteiger partial charge in [-0.2, -0.15) is 0 Å². The third kappa shape index (κ3) is 1.84. The van der Waals surface area contributed by atoms with Gasteiger partial charge in [-0.15, -0.1) is 22.2 Å². The summed E-state index contributed by atoms with van der Waals surface area (Å²) in [7, 11) is 0. The van der Waals surface area contributed by atoms with Crippen molar-refractivity contribution in [3.05, 3.63) is 0 Å². The molecule has 0 aromatic carbocycles. The minimum absolute atomic E-state index is 0.200. The summed E-state index contributed by atoms with van der Waals surface area (Å²) >= 11 is 11.8. The number of hydrogen-bond donors (Lipinski definition) is 0. The van der Waals surface area contributed by atoms with Crippen LogP contribution in [-0.4, -0.2) is 18.5 Å². The van der Waals surface area contributed by atoms with Crippen LogP contribution in [0, 0.1) is 0 Å². The first-order valence-electron chi connectivity index (χ1n) is 3.09. The van der Waals surface area contributed by atoms with E-state index in [1.54, 1.807) is 0 Å². The molecule has 0 bridgehead atoms. The molecule has 0 aromatic rings. The van der Waals surface area contributed by atoms with E-state index in [0.29, 0.717) is 6.10 Å². The van der Waals surface area contributed by atoms with Gasteiger partial charge in [0.15, 0.2) is 0 Å². The van der Waals surface area contributed by atoms with Crippen LogP contribution in [0.15, 0.2) is 0 Å². The van der Waals surface area contributed by atoms with Gasteiger partial charge in [-0.3, -0.25) is 0 Å². The topological polar surface area (TPSA) is 12.5 Å². The van der Waals surface area contributed by atoms with Gasteiger partial charge < -0.3 is 4.74 Å². The molecule has 2 unspecified atom stereocenters. The molecule has 0 aromatic heterocycles. The van der Waals surface area contributed by atoms with E-state index in [0.717, 1.165) is 6.42 Å². The van der Waals surface area contributed by atoms with Gasteiger partial charge in [0.05, 0.1) is 6.10 Å². The zero-order valence-corrected chi connectivity index (χ0v) is 8.04. The Morgan fingerprint density at radius 1 is 1.56 bits per heavy atom. The molecule has 0 aliphatic carbocycles. The minimum Gasteiger partial charge on any atom is -0.370 e. The highest BCUT2D eigenvalue weighted by atomic mass is 35.7. The molecule has 9 heavy (non-hydrogen) atoms. The quantitative estimate of drug-likeness (QED) is 0.365. The fourth-order valence-corrected chi connectivity index (χ4v) is 3.35. The molecule has 1 nitrogen and oxygen atoms in total. The van der Waals surface area contributed by atoms with E-state index >= 15 is 0 Å². The monoisotopic (exact) mass is 184 g/mol. The molecule has 0 N–H and O–H groups in total. The third-order valence-electron chi connectivity index (χ3n) is 1.48. The highest BCUT2D eigenvalue weighted by Gasteiger charge is 2.51. The van der Waals surface area contributed by atoms with Crippen LogP contribution in [0.2, 0.25) is 6.55 Å². The van der Waals surface area contributed by atoms with Crippen molar-refractivity contribution in [3.8, 4) is 0 Å². The summed E-state index contributed by atoms with van der Waals surface area (Å²) in [5.74, 6) is 0. The van der Waals surface area contributed by atoms with Crippen LogP contribution in [0.1, 0.15) is 13.3 Å². The van der Waals surface area contributed by atoms with Gasteiger partial charge in [0.2, 0.25) is 0 Å². The number of hydrogen-bond acceptors (Lipinski definition) is 1. The minimum atomic E-state index is -1.99. The van der Waals surface area contributed by atoms with E-state index in [9.17, 15) is 0 Å². The Bertz CT molecular complexity index is 112. The maximum Gasteiger partial charge on any atom is 0.278 e. The molecule has 0 radical (unpaired) electrons. The normalized spacial score (nSPS) is 34.7. The summed E-state index contributed by atoms with van der Waals surface area (Å²) in [5, 5.41) is 0. The second-order valence-corrected chi connectivity index (χ2v) is 10.2. The lowest BCUT2D eigenvalue weighted by Crippen LogP contribution is -2.24. The molecule has 0 saturated carbocycles. The molecule has 1 aliphatic rings. The number of halogens is 2. The first kappa shape index (κ1) is 7.86. The highest BCUT2D eigenvalue weighted by Crippen LogP contribution is 2.37. The van der Waals surface area contributed by atoms with Gasteiger partial charge >= 0.3 is 0 Å². The van der Waals surface area contributed by atoms with Crippen LogP contribution in [-0.2, 0) is 4.74 Å². The maximum atomic E-state index is 5.88. The molecule has 0 spiro atoms. The predicted molar refractivity (Wildman–Crippen MR) is 42.3 cm³/mol. The van der Waals surface area contributed by atoms with Crippen LogP contribution >= 0.6 is 22.2 Å². The van der Waals surface area contributed by atoms with Crippen LogP contribution in [0.4, 0.5) is 0 Å². The third-order valence-corrected chi connectivity index (χ3v) is 4.28. The summed E-state index contributed by atoms with van der Waals surface area (Å²) in [6.07, 6.45) is 1.39. The van der Waals surface area contributed by atoms with Crippen LogP contribution < -0.4 is 0 Å². The van der Waals surface area contributed by atoms with Crippen molar-refractivity contribution >= 4 is 28.9 Å². The van der Waals surface area contributed by atoms with Crippen LogP contribution in [0.3, 0.4) is 0 Å². The lowest BCUT2D eigenvalue weighted by atomic mass is 10.4. The van der Waals surface area contributed by atoms with Crippen molar-refractivity contribution in [1.29, 1.82) is 0 Å². The Balaban J connectivity index is 2.33. The number of ether oxygens (including phenoxy) is 1. The van der Waals surface area contributed by atoms with E-state index in [2.05, 4.69) is 6.92 Å². The van der Waals surface area contributed by atoms with Crippen LogP contribution in [0.25, 0.3) is 0 Å². The molecule has 4 heteroatoms. The Labute approximate surface area is 65.7 Å². The second kappa shape index (κ2) is 2.42. The first-order chi connectivity index (χ1) is 4.05. The first-order valence-corrected chi connectivity index (χ1v) is 7.69. The van der Waals surface area contributed by atoms with Crippen LogP contribution in [0.5, 0.6) is 0 Å². The summed E-state index contributed by atoms with van der Waals surface area (Å²) in [6.45, 7) is 2.00. The molecule has 1 aliphatic heterocycles. The fraction of sp³-hybridized carbons (Fsp3) is 1.00. The lowest BCUT2D eigenvalue weighted by Gasteiger charge is -2.03. The Morgan fingerprint density at radius 3 is 2.22 bits per heavy atom. The Morgan fingerprint density at radius 2 is 2.11 bits per heavy atom. The molecule has 0 amide bonds. The largest absolute Gasteiger partial charge is 0.370 e. The Hall–Kier alpha value is 0.757. The number of rotatable bonds is 2. The van der Waals surface area contributed by atoms with Gasteiger partial charge in [-0.05, 0) is 13.0 Å². The van der Waals surface area contributed by atoms with E-state index in [1.807, 2.05) is 6.55 Å². The summed E-state index contributed by atoms with van der Waals surface area (Å²) in [6, 6.07) is 0. The molecule has 1 heterocycles. The SMILES string of the molecule is CCC1OC1[Si](C)(Cl)Cl. The average Bonchev–Trinajstić information content (AvgIpc) is 2.39. The number of epoxide rings is 1. The smallest absolute Gasteiger partial charge is 0.278 e. The van der Waals surface area contributed by atoms with Crippen molar-refractivity contribution in [2.24, 2.45) is 0 Å². The maximum absolute atomic E-state index is 5.88. The lowest BCUT2D eigenvalue weighted by molar-refractivity contribution is 0.392. The zero-order chi connectivity index (χ0) is 7.07. The molecule has 54 valence electrons. The van der Waals surface area contributed by atoms with Crippen molar-refractivity contribution in [1.82, 2.24) is 0 Å². The van der Waals surface area contributed by atoms with Crippen molar-refractivity contribution < 1.29 is 4.74 Å². The Kier molecular flexibility index (Phi) is 2.11. The molecular formula is C5H10Cl2OSi. The van der Waals surface area contributed by atoms with Gasteiger partial charge in [0, 0.05) is 0 Å². The molecule has 2 atom stereocenters. The zero-order valence-electron chi connectivity index (χ0n) is 5.53. The van der Waals surface area contributed by atoms with E-state index in [-0.39, 0.29) is 5.73 Å². The van der Waals surface area contributed by atoms with E-state index in [1.165, 1.54) is 0 Å². The van der Waals surface area contributed by atoms with Gasteiger partial charge in [0.25, 0.3) is 6.69 Å². The molecule has 1 rings (SSSR count). The van der Waals surface area contributed by atoms with Gasteiger partial charge in [-0.25, -0.2) is 0 Å². The average molecular weight is 185 g/mol. The highest BCUT2D eigenvalue weighted by molar-refractivity contribution is 7.45. The van der Waals surface area contributed by atoms with Crippen molar-refractivity contribution in [2.75, 3.05) is 0 Å². The molecule has 1 fully saturated rings. The summed E-state index contributed by atoms with van der Waals surface area (Å²) in [5.41, 5.74) is 0.200. The fourth-order valence-electron chi connectivity index (χ4n) is 0.899. The van der Waals surface area contributed by atoms with Gasteiger partial charge in [-0.1, -0.05) is 6.92 Å². The van der Waals surface area contributed by atoms with Crippen molar-refractivity contribution in [3.63, 3.8) is 0 Å². The summed E-state index contributed by atoms with van der Waals surface area (Å²) < 4.78 is 5.23.